The van der Waals surface area contributed by atoms with E-state index in [2.05, 4.69) is 22.6 Å². The molecule has 49 heavy (non-hydrogen) atoms. The summed E-state index contributed by atoms with van der Waals surface area (Å²) >= 11 is 8.56. The number of nitrogens with zero attached hydrogens (tertiary/aromatic N) is 2. The Hall–Kier alpha value is -4.48. The third kappa shape index (κ3) is 4.61. The highest BCUT2D eigenvalue weighted by Gasteiger charge is 2.70. The number of allylic oxidation sites excluding steroid dienone is 2. The van der Waals surface area contributed by atoms with Crippen LogP contribution in [0.3, 0.4) is 0 Å². The molecular weight excluding hydrogens is 755 g/mol. The number of methoxy groups -OCH3 is 1. The maximum absolute atomic E-state index is 15.3. The van der Waals surface area contributed by atoms with E-state index in [0.29, 0.717) is 33.9 Å². The van der Waals surface area contributed by atoms with Crippen molar-refractivity contribution in [1.29, 1.82) is 0 Å². The minimum Gasteiger partial charge on any atom is -0.504 e. The Morgan fingerprint density at radius 3 is 2.27 bits per heavy atom. The monoisotopic (exact) mass is 784 g/mol. The second-order valence-corrected chi connectivity index (χ2v) is 14.7. The van der Waals surface area contributed by atoms with Crippen LogP contribution in [0.2, 0.25) is 5.02 Å². The van der Waals surface area contributed by atoms with Crippen molar-refractivity contribution in [2.45, 2.75) is 24.2 Å². The fourth-order valence-electron chi connectivity index (χ4n) is 8.85. The molecule has 10 heteroatoms. The average Bonchev–Trinajstić information content (AvgIpc) is 3.49. The third-order valence-electron chi connectivity index (χ3n) is 10.8. The summed E-state index contributed by atoms with van der Waals surface area (Å²) in [6.45, 7) is 0. The highest BCUT2D eigenvalue weighted by molar-refractivity contribution is 14.1. The van der Waals surface area contributed by atoms with E-state index < -0.39 is 46.8 Å². The Morgan fingerprint density at radius 1 is 0.816 bits per heavy atom. The Morgan fingerprint density at radius 2 is 1.57 bits per heavy atom. The molecule has 0 aromatic heterocycles. The summed E-state index contributed by atoms with van der Waals surface area (Å²) in [4.78, 5) is 61.0. The molecule has 6 unspecified atom stereocenters. The van der Waals surface area contributed by atoms with Gasteiger partial charge in [0.15, 0.2) is 11.5 Å². The number of hydrogen-bond acceptors (Lipinski definition) is 6. The molecule has 6 atom stereocenters. The van der Waals surface area contributed by atoms with Gasteiger partial charge in [-0.3, -0.25) is 24.1 Å². The summed E-state index contributed by atoms with van der Waals surface area (Å²) in [6, 6.07) is 28.2. The molecule has 2 heterocycles. The number of phenolic OH excluding ortho intramolecular Hbond substituents is 1. The molecule has 8 nitrogen and oxygen atoms in total. The standard InChI is InChI=1S/C39H30ClIN2O6/c1-49-32-17-10-21(18-31(32)44)34-27-15-16-28-33(37(47)42(35(28)45)25-13-11-24(41)12-14-25)29(27)20-30-36(46)43(26-9-5-8-23(40)19-26)38(48)39(30,34)22-6-3-2-4-7-22/h2-15,17-19,28-30,33-34,44H,16,20H2,1H3. The molecule has 246 valence electrons. The number of carbonyl (C=O) groups excluding carboxylic acids is 4. The number of rotatable bonds is 5. The molecule has 1 saturated carbocycles. The van der Waals surface area contributed by atoms with Crippen molar-refractivity contribution >= 4 is 69.2 Å². The predicted molar refractivity (Wildman–Crippen MR) is 192 cm³/mol. The van der Waals surface area contributed by atoms with Gasteiger partial charge in [-0.05, 0) is 107 Å². The first kappa shape index (κ1) is 31.8. The molecule has 4 amide bonds. The molecule has 3 fully saturated rings. The second kappa shape index (κ2) is 11.8. The van der Waals surface area contributed by atoms with Crippen LogP contribution in [0, 0.1) is 27.2 Å². The van der Waals surface area contributed by atoms with E-state index in [1.807, 2.05) is 48.5 Å². The zero-order valence-electron chi connectivity index (χ0n) is 26.3. The van der Waals surface area contributed by atoms with E-state index in [0.717, 1.165) is 9.14 Å². The van der Waals surface area contributed by atoms with Gasteiger partial charge in [0.1, 0.15) is 0 Å². The predicted octanol–water partition coefficient (Wildman–Crippen LogP) is 7.03. The lowest BCUT2D eigenvalue weighted by Gasteiger charge is -2.50. The number of amides is 4. The van der Waals surface area contributed by atoms with Gasteiger partial charge in [-0.25, -0.2) is 4.90 Å². The molecular formula is C39H30ClIN2O6. The van der Waals surface area contributed by atoms with Gasteiger partial charge in [0.2, 0.25) is 23.6 Å². The maximum atomic E-state index is 15.3. The number of fused-ring (bicyclic) bond motifs is 4. The van der Waals surface area contributed by atoms with Crippen molar-refractivity contribution in [2.75, 3.05) is 16.9 Å². The number of carbonyl (C=O) groups is 4. The SMILES string of the molecule is COc1ccc(C2C3=CCC4C(=O)N(c5ccc(I)cc5)C(=O)C4C3CC3C(=O)N(c4cccc(Cl)c4)C(=O)C32c2ccccc2)cc1O. The average molecular weight is 785 g/mol. The van der Waals surface area contributed by atoms with Crippen LogP contribution in [0.1, 0.15) is 29.9 Å². The minimum absolute atomic E-state index is 0.114. The van der Waals surface area contributed by atoms with Crippen LogP contribution in [0.15, 0.2) is 109 Å². The van der Waals surface area contributed by atoms with Crippen LogP contribution >= 0.6 is 34.2 Å². The van der Waals surface area contributed by atoms with E-state index in [1.165, 1.54) is 16.9 Å². The van der Waals surface area contributed by atoms with Gasteiger partial charge in [0.05, 0.1) is 41.7 Å². The molecule has 1 N–H and O–H groups in total. The molecule has 4 aromatic rings. The van der Waals surface area contributed by atoms with Crippen LogP contribution in [0.25, 0.3) is 0 Å². The van der Waals surface area contributed by atoms with Crippen LogP contribution in [-0.4, -0.2) is 35.8 Å². The first-order valence-corrected chi connectivity index (χ1v) is 17.5. The number of aromatic hydroxyl groups is 1. The lowest BCUT2D eigenvalue weighted by Crippen LogP contribution is -2.53. The lowest BCUT2D eigenvalue weighted by molar-refractivity contribution is -0.127. The summed E-state index contributed by atoms with van der Waals surface area (Å²) in [5.74, 6) is -4.73. The van der Waals surface area contributed by atoms with Crippen molar-refractivity contribution < 1.29 is 29.0 Å². The molecule has 4 aromatic carbocycles. The third-order valence-corrected chi connectivity index (χ3v) is 11.7. The van der Waals surface area contributed by atoms with Crippen molar-refractivity contribution in [2.24, 2.45) is 23.7 Å². The highest BCUT2D eigenvalue weighted by atomic mass is 127. The zero-order valence-corrected chi connectivity index (χ0v) is 29.2. The summed E-state index contributed by atoms with van der Waals surface area (Å²) < 4.78 is 6.34. The molecule has 0 radical (unpaired) electrons. The highest BCUT2D eigenvalue weighted by Crippen LogP contribution is 2.64. The Bertz CT molecular complexity index is 2080. The van der Waals surface area contributed by atoms with Gasteiger partial charge < -0.3 is 9.84 Å². The Labute approximate surface area is 301 Å². The van der Waals surface area contributed by atoms with Gasteiger partial charge in [-0.1, -0.05) is 65.7 Å². The van der Waals surface area contributed by atoms with E-state index in [1.54, 1.807) is 54.6 Å². The number of ether oxygens (including phenoxy) is 1. The van der Waals surface area contributed by atoms with Gasteiger partial charge in [-0.15, -0.1) is 0 Å². The number of benzene rings is 4. The quantitative estimate of drug-likeness (QED) is 0.133. The number of halogens is 2. The molecule has 2 aliphatic heterocycles. The number of hydrogen-bond donors (Lipinski definition) is 1. The maximum Gasteiger partial charge on any atom is 0.246 e. The minimum atomic E-state index is -1.43. The fourth-order valence-corrected chi connectivity index (χ4v) is 9.39. The molecule has 0 bridgehead atoms. The van der Waals surface area contributed by atoms with Crippen molar-refractivity contribution in [3.05, 3.63) is 128 Å². The van der Waals surface area contributed by atoms with Gasteiger partial charge in [-0.2, -0.15) is 0 Å². The van der Waals surface area contributed by atoms with Crippen molar-refractivity contribution in [3.63, 3.8) is 0 Å². The normalized spacial score (nSPS) is 27.5. The molecule has 2 saturated heterocycles. The van der Waals surface area contributed by atoms with Gasteiger partial charge in [0, 0.05) is 14.5 Å². The fraction of sp³-hybridized carbons (Fsp3) is 0.231. The van der Waals surface area contributed by atoms with Crippen LogP contribution < -0.4 is 14.5 Å². The van der Waals surface area contributed by atoms with Gasteiger partial charge >= 0.3 is 0 Å². The van der Waals surface area contributed by atoms with Crippen LogP contribution in [0.5, 0.6) is 11.5 Å². The van der Waals surface area contributed by atoms with Crippen LogP contribution in [0.4, 0.5) is 11.4 Å². The van der Waals surface area contributed by atoms with Crippen molar-refractivity contribution in [1.82, 2.24) is 0 Å². The van der Waals surface area contributed by atoms with Gasteiger partial charge in [0.25, 0.3) is 0 Å². The largest absolute Gasteiger partial charge is 0.504 e. The van der Waals surface area contributed by atoms with E-state index in [4.69, 9.17) is 16.3 Å². The number of phenols is 1. The lowest BCUT2D eigenvalue weighted by atomic mass is 9.49. The summed E-state index contributed by atoms with van der Waals surface area (Å²) in [6.07, 6.45) is 2.49. The molecule has 0 spiro atoms. The topological polar surface area (TPSA) is 104 Å². The number of imide groups is 2. The smallest absolute Gasteiger partial charge is 0.246 e. The zero-order chi connectivity index (χ0) is 34.2. The molecule has 2 aliphatic carbocycles. The van der Waals surface area contributed by atoms with E-state index >= 15 is 4.79 Å². The first-order chi connectivity index (χ1) is 23.7. The molecule has 8 rings (SSSR count). The second-order valence-electron chi connectivity index (χ2n) is 13.0. The van der Waals surface area contributed by atoms with Crippen molar-refractivity contribution in [3.8, 4) is 11.5 Å². The summed E-state index contributed by atoms with van der Waals surface area (Å²) in [5, 5.41) is 11.4. The van der Waals surface area contributed by atoms with Crippen LogP contribution in [-0.2, 0) is 24.6 Å². The molecule has 4 aliphatic rings. The Kier molecular flexibility index (Phi) is 7.68. The number of anilines is 2. The first-order valence-electron chi connectivity index (χ1n) is 16.1. The van der Waals surface area contributed by atoms with E-state index in [9.17, 15) is 19.5 Å². The Balaban J connectivity index is 1.35. The summed E-state index contributed by atoms with van der Waals surface area (Å²) in [7, 11) is 1.46. The van der Waals surface area contributed by atoms with E-state index in [-0.39, 0.29) is 29.7 Å². The summed E-state index contributed by atoms with van der Waals surface area (Å²) in [5.41, 5.74) is 1.50.